The van der Waals surface area contributed by atoms with Crippen molar-refractivity contribution in [2.45, 2.75) is 52.9 Å². The first-order valence-corrected chi connectivity index (χ1v) is 14.8. The standard InChI is InChI=1S/C34H37FN6O3/c1-22(2)34(43)41-24(4)19-40(20-27-28(35)9-6-10-30(27)44-31-11-5-8-23(3)39-31)21-29(41)33(42)38-18-25-12-14-26(15-13-25)32-36-16-7-17-37-32/h5-17,22,24,29H,18-21H2,1-4H3,(H,38,42)/t24-,29-/m1/s1. The smallest absolute Gasteiger partial charge is 0.244 e. The number of benzene rings is 2. The number of ether oxygens (including phenoxy) is 1. The van der Waals surface area contributed by atoms with Crippen LogP contribution in [0.5, 0.6) is 11.6 Å². The molecule has 2 aromatic heterocycles. The van der Waals surface area contributed by atoms with E-state index in [1.807, 2.05) is 69.0 Å². The Balaban J connectivity index is 1.32. The van der Waals surface area contributed by atoms with Gasteiger partial charge < -0.3 is 15.0 Å². The molecule has 0 saturated carbocycles. The summed E-state index contributed by atoms with van der Waals surface area (Å²) in [6.45, 7) is 8.66. The van der Waals surface area contributed by atoms with Crippen LogP contribution in [0.15, 0.2) is 79.1 Å². The second kappa shape index (κ2) is 13.7. The van der Waals surface area contributed by atoms with Gasteiger partial charge in [-0.3, -0.25) is 14.5 Å². The molecule has 4 aromatic rings. The molecule has 0 bridgehead atoms. The van der Waals surface area contributed by atoms with Crippen LogP contribution >= 0.6 is 0 Å². The molecule has 1 saturated heterocycles. The van der Waals surface area contributed by atoms with Crippen molar-refractivity contribution in [3.05, 3.63) is 102 Å². The van der Waals surface area contributed by atoms with Crippen LogP contribution in [0.4, 0.5) is 4.39 Å². The van der Waals surface area contributed by atoms with Crippen molar-refractivity contribution in [3.63, 3.8) is 0 Å². The molecule has 0 unspecified atom stereocenters. The molecule has 0 aliphatic carbocycles. The van der Waals surface area contributed by atoms with Gasteiger partial charge in [0, 0.05) is 73.4 Å². The van der Waals surface area contributed by atoms with E-state index < -0.39 is 11.9 Å². The highest BCUT2D eigenvalue weighted by Gasteiger charge is 2.40. The number of nitrogens with zero attached hydrogens (tertiary/aromatic N) is 5. The van der Waals surface area contributed by atoms with Crippen LogP contribution in [0, 0.1) is 18.7 Å². The van der Waals surface area contributed by atoms with Gasteiger partial charge in [0.2, 0.25) is 17.7 Å². The van der Waals surface area contributed by atoms with E-state index in [9.17, 15) is 9.59 Å². The number of hydrogen-bond donors (Lipinski definition) is 1. The molecule has 2 aromatic carbocycles. The topological polar surface area (TPSA) is 101 Å². The molecule has 10 heteroatoms. The molecule has 2 amide bonds. The van der Waals surface area contributed by atoms with Gasteiger partial charge in [0.25, 0.3) is 0 Å². The third-order valence-corrected chi connectivity index (χ3v) is 7.59. The number of amides is 2. The number of pyridine rings is 1. The second-order valence-corrected chi connectivity index (χ2v) is 11.4. The van der Waals surface area contributed by atoms with Gasteiger partial charge in [-0.25, -0.2) is 19.3 Å². The lowest BCUT2D eigenvalue weighted by molar-refractivity contribution is -0.150. The predicted octanol–water partition coefficient (Wildman–Crippen LogP) is 5.15. The minimum Gasteiger partial charge on any atom is -0.439 e. The number of nitrogens with one attached hydrogen (secondary N) is 1. The lowest BCUT2D eigenvalue weighted by Gasteiger charge is -2.45. The highest BCUT2D eigenvalue weighted by molar-refractivity contribution is 5.89. The molecule has 2 atom stereocenters. The van der Waals surface area contributed by atoms with Crippen LogP contribution in [0.2, 0.25) is 0 Å². The molecule has 1 aliphatic heterocycles. The molecule has 0 radical (unpaired) electrons. The fourth-order valence-electron chi connectivity index (χ4n) is 5.41. The third-order valence-electron chi connectivity index (χ3n) is 7.59. The zero-order valence-corrected chi connectivity index (χ0v) is 25.4. The first kappa shape index (κ1) is 30.7. The minimum atomic E-state index is -0.750. The van der Waals surface area contributed by atoms with Crippen LogP contribution in [0.3, 0.4) is 0 Å². The summed E-state index contributed by atoms with van der Waals surface area (Å²) in [5.74, 6) is 0.320. The molecular formula is C34H37FN6O3. The van der Waals surface area contributed by atoms with E-state index >= 15 is 4.39 Å². The van der Waals surface area contributed by atoms with E-state index in [-0.39, 0.29) is 43.4 Å². The van der Waals surface area contributed by atoms with Gasteiger partial charge in [-0.15, -0.1) is 0 Å². The number of aryl methyl sites for hydroxylation is 1. The Labute approximate surface area is 257 Å². The van der Waals surface area contributed by atoms with Gasteiger partial charge in [-0.05, 0) is 43.7 Å². The quantitative estimate of drug-likeness (QED) is 0.285. The molecule has 1 aliphatic rings. The first-order valence-electron chi connectivity index (χ1n) is 14.8. The van der Waals surface area contributed by atoms with Crippen molar-refractivity contribution >= 4 is 11.8 Å². The van der Waals surface area contributed by atoms with Gasteiger partial charge in [-0.2, -0.15) is 0 Å². The average molecular weight is 597 g/mol. The van der Waals surface area contributed by atoms with Crippen LogP contribution in [-0.4, -0.2) is 61.7 Å². The molecule has 9 nitrogen and oxygen atoms in total. The Morgan fingerprint density at radius 3 is 2.43 bits per heavy atom. The molecule has 5 rings (SSSR count). The normalized spacial score (nSPS) is 17.0. The van der Waals surface area contributed by atoms with E-state index in [0.717, 1.165) is 16.8 Å². The van der Waals surface area contributed by atoms with Crippen molar-refractivity contribution in [2.75, 3.05) is 13.1 Å². The number of rotatable bonds is 9. The van der Waals surface area contributed by atoms with Gasteiger partial charge >= 0.3 is 0 Å². The van der Waals surface area contributed by atoms with E-state index in [1.54, 1.807) is 41.6 Å². The Morgan fingerprint density at radius 2 is 1.73 bits per heavy atom. The average Bonchev–Trinajstić information content (AvgIpc) is 3.01. The lowest BCUT2D eigenvalue weighted by Crippen LogP contribution is -2.64. The van der Waals surface area contributed by atoms with Gasteiger partial charge in [-0.1, -0.05) is 50.2 Å². The summed E-state index contributed by atoms with van der Waals surface area (Å²) in [5, 5.41) is 3.02. The summed E-state index contributed by atoms with van der Waals surface area (Å²) < 4.78 is 21.2. The van der Waals surface area contributed by atoms with Gasteiger partial charge in [0.1, 0.15) is 17.6 Å². The zero-order valence-electron chi connectivity index (χ0n) is 25.4. The molecule has 228 valence electrons. The number of hydrogen-bond acceptors (Lipinski definition) is 7. The summed E-state index contributed by atoms with van der Waals surface area (Å²) in [7, 11) is 0. The highest BCUT2D eigenvalue weighted by atomic mass is 19.1. The van der Waals surface area contributed by atoms with Crippen LogP contribution in [0.1, 0.15) is 37.6 Å². The molecule has 1 N–H and O–H groups in total. The van der Waals surface area contributed by atoms with E-state index in [1.165, 1.54) is 6.07 Å². The Hall–Kier alpha value is -4.70. The number of halogens is 1. The van der Waals surface area contributed by atoms with Crippen molar-refractivity contribution in [2.24, 2.45) is 5.92 Å². The second-order valence-electron chi connectivity index (χ2n) is 11.4. The molecule has 1 fully saturated rings. The maximum absolute atomic E-state index is 15.2. The first-order chi connectivity index (χ1) is 21.2. The van der Waals surface area contributed by atoms with Crippen molar-refractivity contribution in [1.82, 2.24) is 30.1 Å². The maximum atomic E-state index is 15.2. The monoisotopic (exact) mass is 596 g/mol. The van der Waals surface area contributed by atoms with E-state index in [0.29, 0.717) is 29.6 Å². The molecule has 0 spiro atoms. The lowest BCUT2D eigenvalue weighted by atomic mass is 10.0. The molecule has 44 heavy (non-hydrogen) atoms. The van der Waals surface area contributed by atoms with Gasteiger partial charge in [0.05, 0.1) is 0 Å². The third kappa shape index (κ3) is 7.26. The van der Waals surface area contributed by atoms with Crippen LogP contribution in [0.25, 0.3) is 11.4 Å². The number of piperazine rings is 1. The summed E-state index contributed by atoms with van der Waals surface area (Å²) >= 11 is 0. The fourth-order valence-corrected chi connectivity index (χ4v) is 5.41. The van der Waals surface area contributed by atoms with Gasteiger partial charge in [0.15, 0.2) is 5.82 Å². The molecular weight excluding hydrogens is 559 g/mol. The largest absolute Gasteiger partial charge is 0.439 e. The van der Waals surface area contributed by atoms with E-state index in [2.05, 4.69) is 20.3 Å². The SMILES string of the molecule is Cc1cccc(Oc2cccc(F)c2CN2C[C@@H](C)N(C(=O)C(C)C)[C@@H](C(=O)NCc3ccc(-c4ncccn4)cc3)C2)n1. The maximum Gasteiger partial charge on any atom is 0.244 e. The summed E-state index contributed by atoms with van der Waals surface area (Å²) in [6.07, 6.45) is 3.38. The molecule has 3 heterocycles. The van der Waals surface area contributed by atoms with Crippen molar-refractivity contribution in [3.8, 4) is 23.0 Å². The summed E-state index contributed by atoms with van der Waals surface area (Å²) in [6, 6.07) is 18.5. The number of carbonyl (C=O) groups is 2. The Bertz CT molecular complexity index is 1600. The highest BCUT2D eigenvalue weighted by Crippen LogP contribution is 2.29. The predicted molar refractivity (Wildman–Crippen MR) is 165 cm³/mol. The fraction of sp³-hybridized carbons (Fsp3) is 0.324. The minimum absolute atomic E-state index is 0.0926. The van der Waals surface area contributed by atoms with Crippen LogP contribution in [-0.2, 0) is 22.7 Å². The van der Waals surface area contributed by atoms with Crippen LogP contribution < -0.4 is 10.1 Å². The Morgan fingerprint density at radius 1 is 1.00 bits per heavy atom. The van der Waals surface area contributed by atoms with Crippen molar-refractivity contribution < 1.29 is 18.7 Å². The number of aromatic nitrogens is 3. The zero-order chi connectivity index (χ0) is 31.2. The summed E-state index contributed by atoms with van der Waals surface area (Å²) in [4.78, 5) is 43.6. The summed E-state index contributed by atoms with van der Waals surface area (Å²) in [5.41, 5.74) is 2.93. The Kier molecular flexibility index (Phi) is 9.59. The van der Waals surface area contributed by atoms with E-state index in [4.69, 9.17) is 4.74 Å². The van der Waals surface area contributed by atoms with Crippen molar-refractivity contribution in [1.29, 1.82) is 0 Å². The number of carbonyl (C=O) groups excluding carboxylic acids is 2.